The van der Waals surface area contributed by atoms with Crippen molar-refractivity contribution < 1.29 is 4.79 Å². The number of aromatic nitrogens is 2. The quantitative estimate of drug-likeness (QED) is 0.701. The van der Waals surface area contributed by atoms with Crippen molar-refractivity contribution in [3.8, 4) is 0 Å². The van der Waals surface area contributed by atoms with E-state index in [1.165, 1.54) is 18.2 Å². The molecule has 6 nitrogen and oxygen atoms in total. The maximum atomic E-state index is 11.2. The third kappa shape index (κ3) is 3.96. The molecule has 0 saturated heterocycles. The van der Waals surface area contributed by atoms with E-state index in [0.717, 1.165) is 48.2 Å². The number of anilines is 5. The lowest BCUT2D eigenvalue weighted by molar-refractivity contribution is -0.114. The minimum absolute atomic E-state index is 0.0846. The van der Waals surface area contributed by atoms with Crippen LogP contribution in [-0.4, -0.2) is 22.4 Å². The monoisotopic (exact) mass is 373 g/mol. The molecular weight excluding hydrogens is 350 g/mol. The average molecular weight is 373 g/mol. The molecular formula is C22H23N5O. The maximum absolute atomic E-state index is 11.2. The van der Waals surface area contributed by atoms with Gasteiger partial charge in [-0.1, -0.05) is 18.2 Å². The van der Waals surface area contributed by atoms with Crippen molar-refractivity contribution >= 4 is 34.6 Å². The van der Waals surface area contributed by atoms with E-state index in [0.29, 0.717) is 0 Å². The van der Waals surface area contributed by atoms with Crippen LogP contribution >= 0.6 is 0 Å². The molecule has 2 N–H and O–H groups in total. The van der Waals surface area contributed by atoms with Gasteiger partial charge in [-0.2, -0.15) is 0 Å². The van der Waals surface area contributed by atoms with E-state index in [1.54, 1.807) is 0 Å². The van der Waals surface area contributed by atoms with E-state index in [4.69, 9.17) is 0 Å². The van der Waals surface area contributed by atoms with Crippen molar-refractivity contribution in [3.63, 3.8) is 0 Å². The predicted molar refractivity (Wildman–Crippen MR) is 113 cm³/mol. The lowest BCUT2D eigenvalue weighted by Crippen LogP contribution is -2.25. The normalized spacial score (nSPS) is 13.0. The Balaban J connectivity index is 1.59. The number of nitrogens with one attached hydrogen (secondary N) is 2. The van der Waals surface area contributed by atoms with Crippen LogP contribution in [0, 0.1) is 6.92 Å². The molecule has 0 saturated carbocycles. The molecule has 0 atom stereocenters. The molecule has 3 aromatic rings. The molecule has 1 aliphatic rings. The second kappa shape index (κ2) is 7.68. The fourth-order valence-electron chi connectivity index (χ4n) is 3.51. The van der Waals surface area contributed by atoms with E-state index in [9.17, 15) is 4.79 Å². The van der Waals surface area contributed by atoms with Gasteiger partial charge in [0, 0.05) is 36.6 Å². The Morgan fingerprint density at radius 1 is 1.04 bits per heavy atom. The second-order valence-electron chi connectivity index (χ2n) is 6.93. The number of para-hydroxylation sites is 1. The summed E-state index contributed by atoms with van der Waals surface area (Å²) < 4.78 is 0. The second-order valence-corrected chi connectivity index (χ2v) is 6.93. The summed E-state index contributed by atoms with van der Waals surface area (Å²) in [6, 6.07) is 18.0. The van der Waals surface area contributed by atoms with Gasteiger partial charge in [-0.25, -0.2) is 9.97 Å². The molecule has 6 heteroatoms. The third-order valence-electron chi connectivity index (χ3n) is 4.69. The van der Waals surface area contributed by atoms with Crippen molar-refractivity contribution in [1.82, 2.24) is 9.97 Å². The summed E-state index contributed by atoms with van der Waals surface area (Å²) >= 11 is 0. The Hall–Kier alpha value is -3.41. The molecule has 4 rings (SSSR count). The van der Waals surface area contributed by atoms with Gasteiger partial charge in [-0.3, -0.25) is 4.79 Å². The van der Waals surface area contributed by atoms with Crippen LogP contribution in [0.25, 0.3) is 0 Å². The van der Waals surface area contributed by atoms with Crippen LogP contribution in [0.2, 0.25) is 0 Å². The summed E-state index contributed by atoms with van der Waals surface area (Å²) in [6.07, 6.45) is 2.20. The minimum Gasteiger partial charge on any atom is -0.340 e. The van der Waals surface area contributed by atoms with Crippen LogP contribution in [0.3, 0.4) is 0 Å². The van der Waals surface area contributed by atoms with E-state index in [2.05, 4.69) is 49.8 Å². The molecule has 0 bridgehead atoms. The number of aryl methyl sites for hydroxylation is 2. The molecule has 1 aromatic heterocycles. The highest BCUT2D eigenvalue weighted by Gasteiger charge is 2.19. The molecule has 0 aliphatic carbocycles. The van der Waals surface area contributed by atoms with Gasteiger partial charge < -0.3 is 15.5 Å². The van der Waals surface area contributed by atoms with Crippen molar-refractivity contribution in [2.45, 2.75) is 26.7 Å². The first-order valence-corrected chi connectivity index (χ1v) is 9.44. The summed E-state index contributed by atoms with van der Waals surface area (Å²) in [5.74, 6) is 2.28. The van der Waals surface area contributed by atoms with Crippen LogP contribution in [0.1, 0.15) is 24.7 Å². The number of carbonyl (C=O) groups excluding carboxylic acids is 1. The molecule has 142 valence electrons. The largest absolute Gasteiger partial charge is 0.340 e. The Morgan fingerprint density at radius 3 is 2.57 bits per heavy atom. The number of nitrogens with zero attached hydrogens (tertiary/aromatic N) is 3. The summed E-state index contributed by atoms with van der Waals surface area (Å²) in [7, 11) is 0. The Morgan fingerprint density at radius 2 is 1.79 bits per heavy atom. The van der Waals surface area contributed by atoms with Gasteiger partial charge >= 0.3 is 0 Å². The molecule has 0 fully saturated rings. The Kier molecular flexibility index (Phi) is 4.93. The fourth-order valence-corrected chi connectivity index (χ4v) is 3.51. The molecule has 2 aromatic carbocycles. The lowest BCUT2D eigenvalue weighted by atomic mass is 10.0. The van der Waals surface area contributed by atoms with E-state index < -0.39 is 0 Å². The zero-order valence-corrected chi connectivity index (χ0v) is 16.1. The van der Waals surface area contributed by atoms with E-state index in [-0.39, 0.29) is 5.91 Å². The van der Waals surface area contributed by atoms with Gasteiger partial charge in [0.15, 0.2) is 0 Å². The van der Waals surface area contributed by atoms with Crippen LogP contribution in [-0.2, 0) is 11.2 Å². The summed E-state index contributed by atoms with van der Waals surface area (Å²) in [5.41, 5.74) is 4.24. The molecule has 0 spiro atoms. The smallest absolute Gasteiger partial charge is 0.221 e. The standard InChI is InChI=1S/C22H23N5O/c1-15-23-21(26-19-11-9-18(10-12-19)25-16(2)28)14-22(24-15)27-13-5-7-17-6-3-4-8-20(17)27/h3-4,6,8-12,14H,5,7,13H2,1-2H3,(H,25,28)(H,23,24,26). The van der Waals surface area contributed by atoms with Gasteiger partial charge in [-0.05, 0) is 55.7 Å². The molecule has 1 aliphatic heterocycles. The topological polar surface area (TPSA) is 70.2 Å². The first-order valence-electron chi connectivity index (χ1n) is 9.44. The Labute approximate surface area is 164 Å². The molecule has 28 heavy (non-hydrogen) atoms. The first-order chi connectivity index (χ1) is 13.6. The van der Waals surface area contributed by atoms with Crippen LogP contribution in [0.5, 0.6) is 0 Å². The highest BCUT2D eigenvalue weighted by atomic mass is 16.1. The van der Waals surface area contributed by atoms with Gasteiger partial charge in [0.2, 0.25) is 5.91 Å². The SMILES string of the molecule is CC(=O)Nc1ccc(Nc2cc(N3CCCc4ccccc43)nc(C)n2)cc1. The Bertz CT molecular complexity index is 1000. The van der Waals surface area contributed by atoms with E-state index >= 15 is 0 Å². The van der Waals surface area contributed by atoms with E-state index in [1.807, 2.05) is 37.3 Å². The number of hydrogen-bond donors (Lipinski definition) is 2. The number of amides is 1. The van der Waals surface area contributed by atoms with Gasteiger partial charge in [0.1, 0.15) is 17.5 Å². The molecule has 2 heterocycles. The molecule has 1 amide bonds. The summed E-state index contributed by atoms with van der Waals surface area (Å²) in [4.78, 5) is 22.6. The third-order valence-corrected chi connectivity index (χ3v) is 4.69. The van der Waals surface area contributed by atoms with Crippen LogP contribution < -0.4 is 15.5 Å². The number of fused-ring (bicyclic) bond motifs is 1. The van der Waals surface area contributed by atoms with Crippen molar-refractivity contribution in [1.29, 1.82) is 0 Å². The number of benzene rings is 2. The zero-order chi connectivity index (χ0) is 19.5. The number of hydrogen-bond acceptors (Lipinski definition) is 5. The zero-order valence-electron chi connectivity index (χ0n) is 16.1. The number of rotatable bonds is 4. The van der Waals surface area contributed by atoms with Crippen LogP contribution in [0.4, 0.5) is 28.7 Å². The predicted octanol–water partition coefficient (Wildman–Crippen LogP) is 4.57. The number of carbonyl (C=O) groups is 1. The summed E-state index contributed by atoms with van der Waals surface area (Å²) in [5, 5.41) is 6.11. The maximum Gasteiger partial charge on any atom is 0.221 e. The van der Waals surface area contributed by atoms with Gasteiger partial charge in [0.25, 0.3) is 0 Å². The van der Waals surface area contributed by atoms with Gasteiger partial charge in [-0.15, -0.1) is 0 Å². The first kappa shape index (κ1) is 18.0. The minimum atomic E-state index is -0.0846. The van der Waals surface area contributed by atoms with Crippen molar-refractivity contribution in [3.05, 3.63) is 66.0 Å². The highest BCUT2D eigenvalue weighted by Crippen LogP contribution is 2.33. The molecule has 0 unspecified atom stereocenters. The van der Waals surface area contributed by atoms with Crippen molar-refractivity contribution in [2.75, 3.05) is 22.1 Å². The fraction of sp³-hybridized carbons (Fsp3) is 0.227. The molecule has 0 radical (unpaired) electrons. The van der Waals surface area contributed by atoms with Crippen molar-refractivity contribution in [2.24, 2.45) is 0 Å². The average Bonchev–Trinajstić information content (AvgIpc) is 2.68. The summed E-state index contributed by atoms with van der Waals surface area (Å²) in [6.45, 7) is 4.35. The highest BCUT2D eigenvalue weighted by molar-refractivity contribution is 5.88. The van der Waals surface area contributed by atoms with Gasteiger partial charge in [0.05, 0.1) is 0 Å². The van der Waals surface area contributed by atoms with Crippen LogP contribution in [0.15, 0.2) is 54.6 Å². The lowest BCUT2D eigenvalue weighted by Gasteiger charge is -2.30.